The fraction of sp³-hybridized carbons (Fsp3) is 0.333. The van der Waals surface area contributed by atoms with Crippen molar-refractivity contribution in [2.45, 2.75) is 19.1 Å². The quantitative estimate of drug-likeness (QED) is 0.594. The molecule has 1 atom stereocenters. The number of hydrogen-bond acceptors (Lipinski definition) is 4. The third-order valence-corrected chi connectivity index (χ3v) is 2.59. The van der Waals surface area contributed by atoms with E-state index in [2.05, 4.69) is 5.32 Å². The molecule has 1 unspecified atom stereocenters. The topological polar surface area (TPSA) is 75.6 Å². The maximum absolute atomic E-state index is 11.5. The van der Waals surface area contributed by atoms with E-state index in [1.165, 1.54) is 0 Å². The summed E-state index contributed by atoms with van der Waals surface area (Å²) in [5.74, 6) is -1.16. The van der Waals surface area contributed by atoms with Crippen LogP contribution >= 0.6 is 0 Å². The van der Waals surface area contributed by atoms with Crippen LogP contribution in [-0.2, 0) is 9.53 Å². The lowest BCUT2D eigenvalue weighted by Crippen LogP contribution is -2.22. The molecule has 1 aliphatic rings. The van der Waals surface area contributed by atoms with Gasteiger partial charge in [-0.25, -0.2) is 4.79 Å². The number of carboxylic acid groups (broad SMARTS) is 1. The highest BCUT2D eigenvalue weighted by atomic mass is 16.6. The molecule has 90 valence electrons. The first-order valence-corrected chi connectivity index (χ1v) is 5.43. The molecule has 0 saturated heterocycles. The maximum Gasteiger partial charge on any atom is 0.340 e. The Morgan fingerprint density at radius 2 is 2.18 bits per heavy atom. The van der Waals surface area contributed by atoms with Gasteiger partial charge in [-0.1, -0.05) is 18.2 Å². The molecule has 0 amide bonds. The summed E-state index contributed by atoms with van der Waals surface area (Å²) in [6, 6.07) is 7.17. The van der Waals surface area contributed by atoms with Gasteiger partial charge in [-0.05, 0) is 19.0 Å². The lowest BCUT2D eigenvalue weighted by Gasteiger charge is -2.12. The highest BCUT2D eigenvalue weighted by Crippen LogP contribution is 2.27. The van der Waals surface area contributed by atoms with Crippen LogP contribution < -0.4 is 5.32 Å². The van der Waals surface area contributed by atoms with Crippen LogP contribution in [0.15, 0.2) is 24.3 Å². The van der Waals surface area contributed by atoms with E-state index in [1.807, 2.05) is 12.1 Å². The molecule has 5 heteroatoms. The van der Waals surface area contributed by atoms with Gasteiger partial charge in [-0.2, -0.15) is 0 Å². The van der Waals surface area contributed by atoms with Crippen LogP contribution in [0.3, 0.4) is 0 Å². The number of ether oxygens (including phenoxy) is 1. The van der Waals surface area contributed by atoms with E-state index < -0.39 is 12.2 Å². The van der Waals surface area contributed by atoms with Crippen molar-refractivity contribution < 1.29 is 19.4 Å². The first-order valence-electron chi connectivity index (χ1n) is 5.43. The molecule has 2 N–H and O–H groups in total. The predicted molar refractivity (Wildman–Crippen MR) is 59.5 cm³/mol. The number of esters is 1. The Hall–Kier alpha value is -1.88. The van der Waals surface area contributed by atoms with Gasteiger partial charge in [-0.15, -0.1) is 0 Å². The number of benzene rings is 1. The minimum Gasteiger partial charge on any atom is -0.481 e. The van der Waals surface area contributed by atoms with Crippen molar-refractivity contribution >= 4 is 11.9 Å². The monoisotopic (exact) mass is 235 g/mol. The lowest BCUT2D eigenvalue weighted by atomic mass is 10.1. The molecule has 1 aliphatic heterocycles. The van der Waals surface area contributed by atoms with Crippen LogP contribution in [-0.4, -0.2) is 23.6 Å². The van der Waals surface area contributed by atoms with Crippen LogP contribution in [0.4, 0.5) is 0 Å². The van der Waals surface area contributed by atoms with Crippen molar-refractivity contribution in [3.63, 3.8) is 0 Å². The van der Waals surface area contributed by atoms with Crippen molar-refractivity contribution in [2.75, 3.05) is 6.54 Å². The lowest BCUT2D eigenvalue weighted by molar-refractivity contribution is -0.137. The zero-order valence-corrected chi connectivity index (χ0v) is 9.18. The van der Waals surface area contributed by atoms with Gasteiger partial charge in [0, 0.05) is 12.0 Å². The second-order valence-corrected chi connectivity index (χ2v) is 3.82. The Morgan fingerprint density at radius 3 is 2.94 bits per heavy atom. The van der Waals surface area contributed by atoms with E-state index in [1.54, 1.807) is 12.1 Å². The summed E-state index contributed by atoms with van der Waals surface area (Å²) in [6.07, 6.45) is 0.161. The molecule has 1 heterocycles. The smallest absolute Gasteiger partial charge is 0.340 e. The molecule has 0 radical (unpaired) electrons. The number of fused-ring (bicyclic) bond motifs is 1. The van der Waals surface area contributed by atoms with Crippen LogP contribution in [0, 0.1) is 0 Å². The molecule has 0 spiro atoms. The van der Waals surface area contributed by atoms with Crippen LogP contribution in [0.5, 0.6) is 0 Å². The van der Waals surface area contributed by atoms with Crippen LogP contribution in [0.2, 0.25) is 0 Å². The summed E-state index contributed by atoms with van der Waals surface area (Å²) in [6.45, 7) is 0.499. The molecule has 2 rings (SSSR count). The van der Waals surface area contributed by atoms with Crippen LogP contribution in [0.25, 0.3) is 0 Å². The van der Waals surface area contributed by atoms with Crippen LogP contribution in [0.1, 0.15) is 35.0 Å². The SMILES string of the molecule is O=C(O)CCCNC1OC(=O)c2ccccc21. The second-order valence-electron chi connectivity index (χ2n) is 3.82. The molecule has 0 aromatic heterocycles. The summed E-state index contributed by atoms with van der Waals surface area (Å²) < 4.78 is 5.14. The first-order chi connectivity index (χ1) is 8.18. The molecule has 5 nitrogen and oxygen atoms in total. The number of carbonyl (C=O) groups is 2. The van der Waals surface area contributed by atoms with Gasteiger partial charge in [-0.3, -0.25) is 10.1 Å². The van der Waals surface area contributed by atoms with E-state index >= 15 is 0 Å². The molecule has 0 bridgehead atoms. The van der Waals surface area contributed by atoms with E-state index in [-0.39, 0.29) is 12.4 Å². The maximum atomic E-state index is 11.5. The number of aliphatic carboxylic acids is 1. The molecule has 0 aliphatic carbocycles. The van der Waals surface area contributed by atoms with Gasteiger partial charge in [0.1, 0.15) is 0 Å². The third kappa shape index (κ3) is 2.62. The minimum absolute atomic E-state index is 0.106. The summed E-state index contributed by atoms with van der Waals surface area (Å²) in [5, 5.41) is 11.5. The number of cyclic esters (lactones) is 1. The summed E-state index contributed by atoms with van der Waals surface area (Å²) >= 11 is 0. The molecule has 17 heavy (non-hydrogen) atoms. The van der Waals surface area contributed by atoms with Crippen molar-refractivity contribution in [3.8, 4) is 0 Å². The van der Waals surface area contributed by atoms with Gasteiger partial charge in [0.15, 0.2) is 6.23 Å². The highest BCUT2D eigenvalue weighted by Gasteiger charge is 2.29. The Labute approximate surface area is 98.4 Å². The average Bonchev–Trinajstić information content (AvgIpc) is 2.63. The number of nitrogens with one attached hydrogen (secondary N) is 1. The van der Waals surface area contributed by atoms with Gasteiger partial charge in [0.2, 0.25) is 0 Å². The molecule has 0 fully saturated rings. The Kier molecular flexibility index (Phi) is 3.39. The summed E-state index contributed by atoms with van der Waals surface area (Å²) in [5.41, 5.74) is 1.39. The van der Waals surface area contributed by atoms with Gasteiger partial charge in [0.05, 0.1) is 5.56 Å². The number of carbonyl (C=O) groups excluding carboxylic acids is 1. The number of rotatable bonds is 5. The van der Waals surface area contributed by atoms with Gasteiger partial charge < -0.3 is 9.84 Å². The van der Waals surface area contributed by atoms with Crippen molar-refractivity contribution in [1.82, 2.24) is 5.32 Å². The Balaban J connectivity index is 1.92. The third-order valence-electron chi connectivity index (χ3n) is 2.59. The van der Waals surface area contributed by atoms with Gasteiger partial charge >= 0.3 is 11.9 Å². The van der Waals surface area contributed by atoms with E-state index in [0.29, 0.717) is 18.5 Å². The minimum atomic E-state index is -0.824. The Morgan fingerprint density at radius 1 is 1.41 bits per heavy atom. The number of carboxylic acids is 1. The van der Waals surface area contributed by atoms with E-state index in [4.69, 9.17) is 9.84 Å². The average molecular weight is 235 g/mol. The Bertz CT molecular complexity index is 444. The van der Waals surface area contributed by atoms with E-state index in [0.717, 1.165) is 5.56 Å². The molecule has 0 saturated carbocycles. The standard InChI is InChI=1S/C12H13NO4/c14-10(15)6-3-7-13-11-8-4-1-2-5-9(8)12(16)17-11/h1-2,4-5,11,13H,3,6-7H2,(H,14,15). The molecular weight excluding hydrogens is 222 g/mol. The van der Waals surface area contributed by atoms with Crippen molar-refractivity contribution in [2.24, 2.45) is 0 Å². The fourth-order valence-corrected chi connectivity index (χ4v) is 1.77. The fourth-order valence-electron chi connectivity index (χ4n) is 1.77. The molecular formula is C12H13NO4. The normalized spacial score (nSPS) is 17.6. The summed E-state index contributed by atoms with van der Waals surface area (Å²) in [4.78, 5) is 21.8. The zero-order valence-electron chi connectivity index (χ0n) is 9.18. The molecule has 1 aromatic rings. The van der Waals surface area contributed by atoms with Crippen molar-refractivity contribution in [1.29, 1.82) is 0 Å². The highest BCUT2D eigenvalue weighted by molar-refractivity contribution is 5.93. The van der Waals surface area contributed by atoms with E-state index in [9.17, 15) is 9.59 Å². The zero-order chi connectivity index (χ0) is 12.3. The second kappa shape index (κ2) is 4.97. The first kappa shape index (κ1) is 11.6. The van der Waals surface area contributed by atoms with Crippen molar-refractivity contribution in [3.05, 3.63) is 35.4 Å². The predicted octanol–water partition coefficient (Wildman–Crippen LogP) is 1.31. The molecule has 1 aromatic carbocycles. The van der Waals surface area contributed by atoms with Gasteiger partial charge in [0.25, 0.3) is 0 Å². The summed E-state index contributed by atoms with van der Waals surface area (Å²) in [7, 11) is 0. The largest absolute Gasteiger partial charge is 0.481 e. The number of hydrogen-bond donors (Lipinski definition) is 2.